The Hall–Kier alpha value is -1.85. The minimum Gasteiger partial charge on any atom is -0.371 e. The van der Waals surface area contributed by atoms with Gasteiger partial charge in [-0.3, -0.25) is 20.1 Å². The third-order valence-electron chi connectivity index (χ3n) is 10.3. The summed E-state index contributed by atoms with van der Waals surface area (Å²) in [6.07, 6.45) is 5.79. The molecule has 44 heavy (non-hydrogen) atoms. The van der Waals surface area contributed by atoms with Crippen LogP contribution in [-0.2, 0) is 14.4 Å². The molecule has 1 heterocycles. The van der Waals surface area contributed by atoms with Crippen molar-refractivity contribution < 1.29 is 24.3 Å². The molecule has 0 bridgehead atoms. The van der Waals surface area contributed by atoms with Gasteiger partial charge >= 0.3 is 6.03 Å². The highest BCUT2D eigenvalue weighted by Crippen LogP contribution is 2.65. The molecule has 3 aliphatic carbocycles. The van der Waals surface area contributed by atoms with E-state index in [-0.39, 0.29) is 39.5 Å². The van der Waals surface area contributed by atoms with Crippen LogP contribution in [0.15, 0.2) is 0 Å². The topological polar surface area (TPSA) is 154 Å². The third-order valence-corrected chi connectivity index (χ3v) is 11.9. The summed E-state index contributed by atoms with van der Waals surface area (Å²) < 4.78 is 0.0665. The van der Waals surface area contributed by atoms with Crippen LogP contribution in [0.2, 0.25) is 0 Å². The average molecular weight is 636 g/mol. The maximum atomic E-state index is 14.3. The first-order chi connectivity index (χ1) is 20.3. The monoisotopic (exact) mass is 635 g/mol. The van der Waals surface area contributed by atoms with E-state index in [2.05, 4.69) is 50.6 Å². The Bertz CT molecular complexity index is 1100. The van der Waals surface area contributed by atoms with E-state index in [0.29, 0.717) is 18.9 Å². The van der Waals surface area contributed by atoms with Crippen LogP contribution in [-0.4, -0.2) is 80.6 Å². The Morgan fingerprint density at radius 2 is 1.61 bits per heavy atom. The number of fused-ring (bicyclic) bond motifs is 1. The molecule has 6 N–H and O–H groups in total. The first kappa shape index (κ1) is 35.0. The SMILES string of the molecule is CC(C)(C)SCC1(NC(=O)N[C@H](C(=O)N2CC3C([C@H]2C(=O)NC(CC2CC2)C(=O)C(N)O)C3(C)C)C(C)(C)C)CCCCC1. The number of Topliss-reactive ketones (excluding diaryl/α,β-unsaturated/α-hetero) is 1. The highest BCUT2D eigenvalue weighted by molar-refractivity contribution is 8.00. The zero-order chi connectivity index (χ0) is 32.8. The fourth-order valence-electron chi connectivity index (χ4n) is 7.32. The minimum absolute atomic E-state index is 0.0553. The molecule has 4 amide bonds. The van der Waals surface area contributed by atoms with Crippen molar-refractivity contribution in [3.63, 3.8) is 0 Å². The second-order valence-corrected chi connectivity index (χ2v) is 18.4. The van der Waals surface area contributed by atoms with Gasteiger partial charge in [-0.15, -0.1) is 0 Å². The van der Waals surface area contributed by atoms with Crippen LogP contribution in [0.3, 0.4) is 0 Å². The summed E-state index contributed by atoms with van der Waals surface area (Å²) in [4.78, 5) is 56.2. The van der Waals surface area contributed by atoms with Gasteiger partial charge in [-0.1, -0.05) is 87.5 Å². The van der Waals surface area contributed by atoms with Crippen molar-refractivity contribution >= 4 is 35.4 Å². The number of carbonyl (C=O) groups excluding carboxylic acids is 4. The van der Waals surface area contributed by atoms with Crippen molar-refractivity contribution in [3.8, 4) is 0 Å². The highest BCUT2D eigenvalue weighted by atomic mass is 32.2. The highest BCUT2D eigenvalue weighted by Gasteiger charge is 2.70. The van der Waals surface area contributed by atoms with Crippen LogP contribution in [0.4, 0.5) is 4.79 Å². The molecule has 4 rings (SSSR count). The van der Waals surface area contributed by atoms with Crippen molar-refractivity contribution in [3.05, 3.63) is 0 Å². The predicted molar refractivity (Wildman–Crippen MR) is 174 cm³/mol. The van der Waals surface area contributed by atoms with Gasteiger partial charge in [-0.2, -0.15) is 11.8 Å². The molecular formula is C33H57N5O5S. The molecule has 10 nitrogen and oxygen atoms in total. The van der Waals surface area contributed by atoms with E-state index in [1.165, 1.54) is 0 Å². The standard InChI is InChI=1S/C33H57N5O5S/c1-30(2,3)25(36-29(43)37-33(14-10-9-11-15-33)18-44-31(4,5)6)28(42)38-17-20-22(32(20,7)8)23(38)27(41)35-21(16-19-12-13-19)24(39)26(34)40/h19-23,25-26,40H,9-18,34H2,1-8H3,(H,35,41)(H2,36,37,43)/t20?,21?,22?,23-,25+,26?/m0/s1. The Kier molecular flexibility index (Phi) is 10.1. The van der Waals surface area contributed by atoms with Crippen LogP contribution in [0.5, 0.6) is 0 Å². The summed E-state index contributed by atoms with van der Waals surface area (Å²) in [5.41, 5.74) is 4.44. The smallest absolute Gasteiger partial charge is 0.315 e. The molecule has 4 unspecified atom stereocenters. The summed E-state index contributed by atoms with van der Waals surface area (Å²) in [5.74, 6) is -0.0792. The van der Waals surface area contributed by atoms with E-state index in [1.54, 1.807) is 4.90 Å². The number of nitrogens with zero attached hydrogens (tertiary/aromatic N) is 1. The molecule has 0 aromatic carbocycles. The summed E-state index contributed by atoms with van der Waals surface area (Å²) in [6.45, 7) is 16.9. The second kappa shape index (κ2) is 12.7. The average Bonchev–Trinajstić information content (AvgIpc) is 3.76. The van der Waals surface area contributed by atoms with Gasteiger partial charge in [0.1, 0.15) is 12.1 Å². The summed E-state index contributed by atoms with van der Waals surface area (Å²) >= 11 is 1.85. The van der Waals surface area contributed by atoms with E-state index in [4.69, 9.17) is 5.73 Å². The van der Waals surface area contributed by atoms with Crippen LogP contribution < -0.4 is 21.7 Å². The molecule has 3 saturated carbocycles. The number of carbonyl (C=O) groups is 4. The minimum atomic E-state index is -1.67. The maximum absolute atomic E-state index is 14.3. The van der Waals surface area contributed by atoms with E-state index in [0.717, 1.165) is 50.7 Å². The van der Waals surface area contributed by atoms with Crippen LogP contribution in [0, 0.1) is 28.6 Å². The number of ketones is 1. The van der Waals surface area contributed by atoms with Gasteiger partial charge in [0.25, 0.3) is 0 Å². The van der Waals surface area contributed by atoms with E-state index in [1.807, 2.05) is 32.5 Å². The molecule has 0 spiro atoms. The molecule has 1 aliphatic heterocycles. The number of piperidine rings is 1. The van der Waals surface area contributed by atoms with Crippen molar-refractivity contribution in [1.82, 2.24) is 20.9 Å². The molecule has 1 saturated heterocycles. The Labute approximate surface area is 268 Å². The lowest BCUT2D eigenvalue weighted by atomic mass is 9.83. The predicted octanol–water partition coefficient (Wildman–Crippen LogP) is 3.55. The molecule has 4 fully saturated rings. The first-order valence-electron chi connectivity index (χ1n) is 16.6. The van der Waals surface area contributed by atoms with Gasteiger partial charge in [0.2, 0.25) is 11.8 Å². The number of aliphatic hydroxyl groups excluding tert-OH is 1. The lowest BCUT2D eigenvalue weighted by Crippen LogP contribution is -2.63. The molecule has 0 radical (unpaired) electrons. The summed E-state index contributed by atoms with van der Waals surface area (Å²) in [5, 5.41) is 19.0. The fourth-order valence-corrected chi connectivity index (χ4v) is 8.39. The van der Waals surface area contributed by atoms with Crippen molar-refractivity contribution in [1.29, 1.82) is 0 Å². The van der Waals surface area contributed by atoms with E-state index in [9.17, 15) is 24.3 Å². The van der Waals surface area contributed by atoms with Crippen molar-refractivity contribution in [2.75, 3.05) is 12.3 Å². The molecule has 0 aromatic heterocycles. The number of rotatable bonds is 11. The number of nitrogens with two attached hydrogens (primary N) is 1. The van der Waals surface area contributed by atoms with Crippen LogP contribution in [0.1, 0.15) is 107 Å². The fraction of sp³-hybridized carbons (Fsp3) is 0.879. The maximum Gasteiger partial charge on any atom is 0.315 e. The van der Waals surface area contributed by atoms with E-state index >= 15 is 0 Å². The number of thioether (sulfide) groups is 1. The normalized spacial score (nSPS) is 27.9. The Morgan fingerprint density at radius 1 is 1.00 bits per heavy atom. The lowest BCUT2D eigenvalue weighted by molar-refractivity contribution is -0.144. The number of nitrogens with one attached hydrogen (secondary N) is 3. The molecule has 11 heteroatoms. The van der Waals surface area contributed by atoms with Crippen LogP contribution >= 0.6 is 11.8 Å². The molecule has 0 aromatic rings. The number of hydrogen-bond donors (Lipinski definition) is 5. The quantitative estimate of drug-likeness (QED) is 0.218. The van der Waals surface area contributed by atoms with Gasteiger partial charge in [0, 0.05) is 17.0 Å². The van der Waals surface area contributed by atoms with Gasteiger partial charge in [0.15, 0.2) is 12.0 Å². The molecular weight excluding hydrogens is 578 g/mol. The number of urea groups is 1. The Morgan fingerprint density at radius 3 is 2.14 bits per heavy atom. The summed E-state index contributed by atoms with van der Waals surface area (Å²) in [7, 11) is 0. The lowest BCUT2D eigenvalue weighted by Gasteiger charge is -2.41. The third kappa shape index (κ3) is 8.10. The Balaban J connectivity index is 1.51. The number of hydrogen-bond acceptors (Lipinski definition) is 7. The van der Waals surface area contributed by atoms with Gasteiger partial charge in [-0.05, 0) is 47.8 Å². The zero-order valence-electron chi connectivity index (χ0n) is 28.1. The first-order valence-corrected chi connectivity index (χ1v) is 17.6. The largest absolute Gasteiger partial charge is 0.371 e. The number of likely N-dealkylation sites (tertiary alicyclic amines) is 1. The molecule has 4 aliphatic rings. The van der Waals surface area contributed by atoms with Crippen molar-refractivity contribution in [2.45, 2.75) is 141 Å². The van der Waals surface area contributed by atoms with E-state index < -0.39 is 41.5 Å². The second-order valence-electron chi connectivity index (χ2n) is 16.6. The summed E-state index contributed by atoms with van der Waals surface area (Å²) in [6, 6.07) is -2.88. The molecule has 6 atom stereocenters. The zero-order valence-corrected chi connectivity index (χ0v) is 28.9. The van der Waals surface area contributed by atoms with Gasteiger partial charge in [0.05, 0.1) is 11.6 Å². The van der Waals surface area contributed by atoms with Crippen LogP contribution in [0.25, 0.3) is 0 Å². The number of amides is 4. The number of aliphatic hydroxyl groups is 1. The van der Waals surface area contributed by atoms with Gasteiger partial charge < -0.3 is 26.0 Å². The van der Waals surface area contributed by atoms with Crippen molar-refractivity contribution in [2.24, 2.45) is 34.3 Å². The van der Waals surface area contributed by atoms with Gasteiger partial charge in [-0.25, -0.2) is 4.79 Å². The molecule has 250 valence electrons.